The maximum Gasteiger partial charge on any atom is 0.419 e. The first-order chi connectivity index (χ1) is 7.95. The van der Waals surface area contributed by atoms with Gasteiger partial charge in [0, 0.05) is 23.8 Å². The van der Waals surface area contributed by atoms with E-state index in [9.17, 15) is 13.2 Å². The van der Waals surface area contributed by atoms with Crippen molar-refractivity contribution >= 4 is 21.7 Å². The number of halogens is 4. The number of rotatable bonds is 4. The predicted molar refractivity (Wildman–Crippen MR) is 63.6 cm³/mol. The summed E-state index contributed by atoms with van der Waals surface area (Å²) in [7, 11) is 0. The van der Waals surface area contributed by atoms with E-state index in [1.807, 2.05) is 0 Å². The number of aromatic nitrogens is 1. The Hall–Kier alpha value is -1.08. The Balaban J connectivity index is 2.87. The second-order valence-electron chi connectivity index (χ2n) is 3.14. The van der Waals surface area contributed by atoms with E-state index >= 15 is 0 Å². The molecule has 0 fully saturated rings. The largest absolute Gasteiger partial charge is 0.419 e. The molecule has 0 saturated heterocycles. The van der Waals surface area contributed by atoms with Crippen molar-refractivity contribution < 1.29 is 13.2 Å². The third-order valence-corrected chi connectivity index (χ3v) is 2.28. The Morgan fingerprint density at radius 3 is 2.71 bits per heavy atom. The van der Waals surface area contributed by atoms with Gasteiger partial charge in [-0.25, -0.2) is 4.98 Å². The van der Waals surface area contributed by atoms with Gasteiger partial charge in [-0.3, -0.25) is 0 Å². The molecule has 0 atom stereocenters. The molecule has 0 bridgehead atoms. The molecule has 0 radical (unpaired) electrons. The van der Waals surface area contributed by atoms with Crippen LogP contribution in [0.3, 0.4) is 0 Å². The van der Waals surface area contributed by atoms with E-state index in [2.05, 4.69) is 26.2 Å². The van der Waals surface area contributed by atoms with Crippen LogP contribution in [0.1, 0.15) is 5.56 Å². The van der Waals surface area contributed by atoms with E-state index in [0.717, 1.165) is 6.07 Å². The second kappa shape index (κ2) is 6.02. The molecule has 1 rings (SSSR count). The third-order valence-electron chi connectivity index (χ3n) is 1.85. The molecule has 0 unspecified atom stereocenters. The Morgan fingerprint density at radius 1 is 1.41 bits per heavy atom. The summed E-state index contributed by atoms with van der Waals surface area (Å²) >= 11 is 2.96. The molecule has 1 aromatic heterocycles. The standard InChI is InChI=1S/C10H11BrF3N3/c11-7-5-8(10(12,13)14)9(17-6-7)16-4-2-1-3-15/h1-2,5-6H,3-4,15H2,(H,16,17)/b2-1+. The first-order valence-corrected chi connectivity index (χ1v) is 5.56. The molecular formula is C10H11BrF3N3. The quantitative estimate of drug-likeness (QED) is 0.841. The Kier molecular flexibility index (Phi) is 4.95. The number of hydrogen-bond donors (Lipinski definition) is 2. The van der Waals surface area contributed by atoms with Crippen LogP contribution in [0.4, 0.5) is 19.0 Å². The van der Waals surface area contributed by atoms with Gasteiger partial charge in [0.15, 0.2) is 0 Å². The molecule has 0 aliphatic rings. The highest BCUT2D eigenvalue weighted by Gasteiger charge is 2.34. The van der Waals surface area contributed by atoms with Crippen molar-refractivity contribution in [2.45, 2.75) is 6.18 Å². The number of nitrogens with two attached hydrogens (primary N) is 1. The average Bonchev–Trinajstić information content (AvgIpc) is 2.25. The highest BCUT2D eigenvalue weighted by molar-refractivity contribution is 9.10. The van der Waals surface area contributed by atoms with E-state index in [1.165, 1.54) is 6.20 Å². The van der Waals surface area contributed by atoms with Crippen molar-refractivity contribution in [1.82, 2.24) is 4.98 Å². The Bertz CT molecular complexity index is 404. The van der Waals surface area contributed by atoms with Gasteiger partial charge in [-0.15, -0.1) is 0 Å². The Morgan fingerprint density at radius 2 is 2.12 bits per heavy atom. The number of nitrogens with one attached hydrogen (secondary N) is 1. The van der Waals surface area contributed by atoms with Gasteiger partial charge in [0.2, 0.25) is 0 Å². The van der Waals surface area contributed by atoms with Crippen LogP contribution in [-0.4, -0.2) is 18.1 Å². The molecule has 0 aliphatic heterocycles. The van der Waals surface area contributed by atoms with Crippen LogP contribution in [0.25, 0.3) is 0 Å². The predicted octanol–water partition coefficient (Wildman–Crippen LogP) is 2.79. The molecule has 3 nitrogen and oxygen atoms in total. The minimum atomic E-state index is -4.43. The highest BCUT2D eigenvalue weighted by atomic mass is 79.9. The molecule has 0 aliphatic carbocycles. The van der Waals surface area contributed by atoms with Crippen LogP contribution in [0.5, 0.6) is 0 Å². The summed E-state index contributed by atoms with van der Waals surface area (Å²) in [6.07, 6.45) is 0.171. The number of nitrogens with zero attached hydrogens (tertiary/aromatic N) is 1. The van der Waals surface area contributed by atoms with Crippen molar-refractivity contribution in [2.75, 3.05) is 18.4 Å². The molecule has 17 heavy (non-hydrogen) atoms. The van der Waals surface area contributed by atoms with Gasteiger partial charge >= 0.3 is 6.18 Å². The van der Waals surface area contributed by atoms with Crippen LogP contribution in [-0.2, 0) is 6.18 Å². The molecule has 3 N–H and O–H groups in total. The Labute approximate surface area is 105 Å². The van der Waals surface area contributed by atoms with Gasteiger partial charge in [0.1, 0.15) is 5.82 Å². The monoisotopic (exact) mass is 309 g/mol. The molecule has 0 amide bonds. The maximum atomic E-state index is 12.7. The van der Waals surface area contributed by atoms with Crippen LogP contribution in [0.2, 0.25) is 0 Å². The number of pyridine rings is 1. The van der Waals surface area contributed by atoms with E-state index in [-0.39, 0.29) is 16.8 Å². The summed E-state index contributed by atoms with van der Waals surface area (Å²) in [5, 5.41) is 2.59. The van der Waals surface area contributed by atoms with Gasteiger partial charge in [-0.2, -0.15) is 13.2 Å². The lowest BCUT2D eigenvalue weighted by Crippen LogP contribution is -2.12. The summed E-state index contributed by atoms with van der Waals surface area (Å²) < 4.78 is 38.3. The van der Waals surface area contributed by atoms with Gasteiger partial charge in [0.05, 0.1) is 5.56 Å². The topological polar surface area (TPSA) is 50.9 Å². The van der Waals surface area contributed by atoms with Gasteiger partial charge in [-0.1, -0.05) is 12.2 Å². The van der Waals surface area contributed by atoms with E-state index in [1.54, 1.807) is 12.2 Å². The maximum absolute atomic E-state index is 12.7. The number of alkyl halides is 3. The van der Waals surface area contributed by atoms with Gasteiger partial charge in [-0.05, 0) is 22.0 Å². The average molecular weight is 310 g/mol. The van der Waals surface area contributed by atoms with Crippen molar-refractivity contribution in [2.24, 2.45) is 5.73 Å². The normalized spacial score (nSPS) is 12.1. The summed E-state index contributed by atoms with van der Waals surface area (Å²) in [4.78, 5) is 3.70. The first kappa shape index (κ1) is 14.0. The molecule has 1 heterocycles. The molecule has 0 saturated carbocycles. The van der Waals surface area contributed by atoms with Crippen molar-refractivity contribution in [3.63, 3.8) is 0 Å². The van der Waals surface area contributed by atoms with E-state index < -0.39 is 11.7 Å². The van der Waals surface area contributed by atoms with Crippen molar-refractivity contribution in [3.05, 3.63) is 34.5 Å². The van der Waals surface area contributed by atoms with E-state index in [4.69, 9.17) is 5.73 Å². The smallest absolute Gasteiger partial charge is 0.366 e. The fourth-order valence-corrected chi connectivity index (χ4v) is 1.46. The lowest BCUT2D eigenvalue weighted by Gasteiger charge is -2.12. The second-order valence-corrected chi connectivity index (χ2v) is 4.05. The fourth-order valence-electron chi connectivity index (χ4n) is 1.13. The van der Waals surface area contributed by atoms with Crippen molar-refractivity contribution in [1.29, 1.82) is 0 Å². The SMILES string of the molecule is NC/C=C/CNc1ncc(Br)cc1C(F)(F)F. The van der Waals surface area contributed by atoms with Gasteiger partial charge < -0.3 is 11.1 Å². The lowest BCUT2D eigenvalue weighted by atomic mass is 10.2. The molecule has 0 aromatic carbocycles. The summed E-state index contributed by atoms with van der Waals surface area (Å²) in [5.41, 5.74) is 4.41. The number of anilines is 1. The van der Waals surface area contributed by atoms with Crippen LogP contribution >= 0.6 is 15.9 Å². The lowest BCUT2D eigenvalue weighted by molar-refractivity contribution is -0.137. The van der Waals surface area contributed by atoms with Crippen LogP contribution in [0.15, 0.2) is 28.9 Å². The molecule has 1 aromatic rings. The minimum Gasteiger partial charge on any atom is -0.366 e. The number of hydrogen-bond acceptors (Lipinski definition) is 3. The molecule has 7 heteroatoms. The summed E-state index contributed by atoms with van der Waals surface area (Å²) in [5.74, 6) is -0.192. The first-order valence-electron chi connectivity index (χ1n) is 4.77. The zero-order valence-electron chi connectivity index (χ0n) is 8.76. The van der Waals surface area contributed by atoms with Crippen LogP contribution < -0.4 is 11.1 Å². The van der Waals surface area contributed by atoms with Crippen LogP contribution in [0, 0.1) is 0 Å². The zero-order chi connectivity index (χ0) is 12.9. The fraction of sp³-hybridized carbons (Fsp3) is 0.300. The summed E-state index contributed by atoms with van der Waals surface area (Å²) in [6.45, 7) is 0.594. The molecular weight excluding hydrogens is 299 g/mol. The highest BCUT2D eigenvalue weighted by Crippen LogP contribution is 2.35. The molecule has 94 valence electrons. The third kappa shape index (κ3) is 4.35. The zero-order valence-corrected chi connectivity index (χ0v) is 10.3. The molecule has 0 spiro atoms. The van der Waals surface area contributed by atoms with Crippen molar-refractivity contribution in [3.8, 4) is 0 Å². The minimum absolute atomic E-state index is 0.192. The van der Waals surface area contributed by atoms with Gasteiger partial charge in [0.25, 0.3) is 0 Å². The summed E-state index contributed by atoms with van der Waals surface area (Å²) in [6, 6.07) is 0.988. The van der Waals surface area contributed by atoms with E-state index in [0.29, 0.717) is 6.54 Å².